The number of rotatable bonds is 2. The van der Waals surface area contributed by atoms with Gasteiger partial charge in [-0.05, 0) is 18.6 Å². The summed E-state index contributed by atoms with van der Waals surface area (Å²) in [7, 11) is 3.29. The quantitative estimate of drug-likeness (QED) is 0.725. The zero-order valence-electron chi connectivity index (χ0n) is 9.07. The second kappa shape index (κ2) is 4.33. The molecular formula is C11H14O3S. The monoisotopic (exact) mass is 226 g/mol. The highest BCUT2D eigenvalue weighted by Crippen LogP contribution is 2.39. The molecule has 0 aromatic heterocycles. The summed E-state index contributed by atoms with van der Waals surface area (Å²) in [6, 6.07) is 3.99. The van der Waals surface area contributed by atoms with Gasteiger partial charge in [0.25, 0.3) is 0 Å². The number of methoxy groups -OCH3 is 2. The van der Waals surface area contributed by atoms with Crippen LogP contribution in [0.5, 0.6) is 11.5 Å². The van der Waals surface area contributed by atoms with Crippen molar-refractivity contribution in [2.75, 3.05) is 14.2 Å². The highest BCUT2D eigenvalue weighted by atomic mass is 32.2. The average Bonchev–Trinajstić information content (AvgIpc) is 2.27. The van der Waals surface area contributed by atoms with Crippen molar-refractivity contribution in [1.82, 2.24) is 0 Å². The molecule has 1 aromatic carbocycles. The van der Waals surface area contributed by atoms with Gasteiger partial charge in [0.1, 0.15) is 0 Å². The van der Waals surface area contributed by atoms with Gasteiger partial charge in [0, 0.05) is 29.4 Å². The molecule has 0 radical (unpaired) electrons. The number of ether oxygens (including phenoxy) is 2. The number of benzene rings is 1. The van der Waals surface area contributed by atoms with Crippen LogP contribution >= 0.6 is 12.0 Å². The molecule has 0 aliphatic carbocycles. The second-order valence-corrected chi connectivity index (χ2v) is 4.31. The molecule has 1 unspecified atom stereocenters. The Hall–Kier alpha value is -0.870. The Bertz CT molecular complexity index is 365. The minimum atomic E-state index is 0.251. The van der Waals surface area contributed by atoms with Crippen LogP contribution in [0.25, 0.3) is 0 Å². The Labute approximate surface area is 93.9 Å². The van der Waals surface area contributed by atoms with Crippen LogP contribution in [-0.4, -0.2) is 20.3 Å². The molecule has 0 saturated carbocycles. The van der Waals surface area contributed by atoms with Crippen LogP contribution in [0.15, 0.2) is 17.0 Å². The van der Waals surface area contributed by atoms with Crippen LogP contribution < -0.4 is 9.47 Å². The van der Waals surface area contributed by atoms with Gasteiger partial charge in [0.15, 0.2) is 11.5 Å². The highest BCUT2D eigenvalue weighted by molar-refractivity contribution is 7.94. The molecule has 0 N–H and O–H groups in total. The van der Waals surface area contributed by atoms with Crippen LogP contribution in [0.4, 0.5) is 0 Å². The van der Waals surface area contributed by atoms with Crippen molar-refractivity contribution in [3.8, 4) is 11.5 Å². The summed E-state index contributed by atoms with van der Waals surface area (Å²) in [5.41, 5.74) is 1.26. The maximum atomic E-state index is 5.50. The summed E-state index contributed by atoms with van der Waals surface area (Å²) in [4.78, 5) is 1.12. The van der Waals surface area contributed by atoms with E-state index in [1.165, 1.54) is 17.6 Å². The predicted octanol–water partition coefficient (Wildman–Crippen LogP) is 2.67. The molecule has 1 heterocycles. The summed E-state index contributed by atoms with van der Waals surface area (Å²) < 4.78 is 16.0. The molecule has 15 heavy (non-hydrogen) atoms. The number of hydrogen-bond donors (Lipinski definition) is 0. The minimum absolute atomic E-state index is 0.251. The van der Waals surface area contributed by atoms with Crippen molar-refractivity contribution in [2.45, 2.75) is 24.3 Å². The molecule has 0 bridgehead atoms. The van der Waals surface area contributed by atoms with E-state index in [1.54, 1.807) is 14.2 Å². The van der Waals surface area contributed by atoms with Crippen molar-refractivity contribution in [3.05, 3.63) is 17.7 Å². The lowest BCUT2D eigenvalue weighted by Crippen LogP contribution is -2.13. The maximum absolute atomic E-state index is 5.50. The van der Waals surface area contributed by atoms with Crippen LogP contribution in [0.2, 0.25) is 0 Å². The van der Waals surface area contributed by atoms with Gasteiger partial charge in [-0.2, -0.15) is 0 Å². The fourth-order valence-electron chi connectivity index (χ4n) is 1.62. The number of fused-ring (bicyclic) bond motifs is 1. The molecule has 1 aliphatic heterocycles. The Kier molecular flexibility index (Phi) is 3.07. The van der Waals surface area contributed by atoms with Crippen molar-refractivity contribution >= 4 is 12.0 Å². The molecule has 0 saturated heterocycles. The molecule has 1 aliphatic rings. The van der Waals surface area contributed by atoms with Gasteiger partial charge in [-0.1, -0.05) is 0 Å². The molecule has 3 nitrogen and oxygen atoms in total. The van der Waals surface area contributed by atoms with Crippen LogP contribution in [0.1, 0.15) is 12.5 Å². The summed E-state index contributed by atoms with van der Waals surface area (Å²) in [5.74, 6) is 1.54. The van der Waals surface area contributed by atoms with E-state index in [4.69, 9.17) is 13.7 Å². The summed E-state index contributed by atoms with van der Waals surface area (Å²) in [6.45, 7) is 2.06. The Morgan fingerprint density at radius 2 is 1.93 bits per heavy atom. The normalized spacial score (nSPS) is 19.5. The van der Waals surface area contributed by atoms with Gasteiger partial charge >= 0.3 is 0 Å². The fourth-order valence-corrected chi connectivity index (χ4v) is 2.36. The Morgan fingerprint density at radius 1 is 1.27 bits per heavy atom. The van der Waals surface area contributed by atoms with Crippen LogP contribution in [0.3, 0.4) is 0 Å². The van der Waals surface area contributed by atoms with Gasteiger partial charge < -0.3 is 13.7 Å². The van der Waals surface area contributed by atoms with Gasteiger partial charge in [-0.25, -0.2) is 0 Å². The lowest BCUT2D eigenvalue weighted by Gasteiger charge is -2.22. The third kappa shape index (κ3) is 2.06. The smallest absolute Gasteiger partial charge is 0.161 e. The molecule has 0 amide bonds. The standard InChI is InChI=1S/C11H14O3S/c1-7-4-8-5-9(12-2)10(13-3)6-11(8)15-14-7/h5-7H,4H2,1-3H3. The van der Waals surface area contributed by atoms with E-state index in [2.05, 4.69) is 6.92 Å². The molecule has 1 aromatic rings. The Balaban J connectivity index is 2.41. The van der Waals surface area contributed by atoms with Crippen molar-refractivity contribution < 1.29 is 13.7 Å². The van der Waals surface area contributed by atoms with E-state index in [0.29, 0.717) is 0 Å². The van der Waals surface area contributed by atoms with Gasteiger partial charge in [-0.3, -0.25) is 0 Å². The maximum Gasteiger partial charge on any atom is 0.161 e. The average molecular weight is 226 g/mol. The zero-order valence-corrected chi connectivity index (χ0v) is 9.89. The van der Waals surface area contributed by atoms with Gasteiger partial charge in [0.2, 0.25) is 0 Å². The molecule has 0 spiro atoms. The summed E-state index contributed by atoms with van der Waals surface area (Å²) >= 11 is 1.41. The van der Waals surface area contributed by atoms with Crippen LogP contribution in [-0.2, 0) is 10.6 Å². The van der Waals surface area contributed by atoms with Crippen molar-refractivity contribution in [3.63, 3.8) is 0 Å². The highest BCUT2D eigenvalue weighted by Gasteiger charge is 2.19. The molecule has 2 rings (SSSR count). The third-order valence-corrected chi connectivity index (χ3v) is 3.36. The zero-order chi connectivity index (χ0) is 10.8. The first kappa shape index (κ1) is 10.6. The topological polar surface area (TPSA) is 27.7 Å². The first-order valence-electron chi connectivity index (χ1n) is 4.83. The predicted molar refractivity (Wildman–Crippen MR) is 59.7 cm³/mol. The lowest BCUT2D eigenvalue weighted by atomic mass is 10.1. The van der Waals surface area contributed by atoms with E-state index >= 15 is 0 Å². The molecule has 4 heteroatoms. The van der Waals surface area contributed by atoms with Crippen molar-refractivity contribution in [1.29, 1.82) is 0 Å². The fraction of sp³-hybridized carbons (Fsp3) is 0.455. The van der Waals surface area contributed by atoms with E-state index in [0.717, 1.165) is 22.8 Å². The van der Waals surface area contributed by atoms with E-state index in [9.17, 15) is 0 Å². The second-order valence-electron chi connectivity index (χ2n) is 3.51. The lowest BCUT2D eigenvalue weighted by molar-refractivity contribution is 0.254. The van der Waals surface area contributed by atoms with Gasteiger partial charge in [0.05, 0.1) is 20.3 Å². The SMILES string of the molecule is COc1cc2c(cc1OC)SOC(C)C2. The first-order chi connectivity index (χ1) is 7.24. The number of hydrogen-bond acceptors (Lipinski definition) is 4. The van der Waals surface area contributed by atoms with Crippen LogP contribution in [0, 0.1) is 0 Å². The first-order valence-corrected chi connectivity index (χ1v) is 5.57. The van der Waals surface area contributed by atoms with Crippen molar-refractivity contribution in [2.24, 2.45) is 0 Å². The third-order valence-electron chi connectivity index (χ3n) is 2.38. The minimum Gasteiger partial charge on any atom is -0.493 e. The largest absolute Gasteiger partial charge is 0.493 e. The van der Waals surface area contributed by atoms with E-state index < -0.39 is 0 Å². The summed E-state index contributed by atoms with van der Waals surface area (Å²) in [6.07, 6.45) is 1.17. The van der Waals surface area contributed by atoms with Gasteiger partial charge in [-0.15, -0.1) is 0 Å². The molecular weight excluding hydrogens is 212 g/mol. The van der Waals surface area contributed by atoms with E-state index in [1.807, 2.05) is 12.1 Å². The molecule has 1 atom stereocenters. The molecule has 0 fully saturated rings. The summed E-state index contributed by atoms with van der Waals surface area (Å²) in [5, 5.41) is 0. The molecule has 82 valence electrons. The Morgan fingerprint density at radius 3 is 2.60 bits per heavy atom. The van der Waals surface area contributed by atoms with E-state index in [-0.39, 0.29) is 6.10 Å².